The fourth-order valence-corrected chi connectivity index (χ4v) is 4.59. The van der Waals surface area contributed by atoms with Gasteiger partial charge in [-0.15, -0.1) is 5.10 Å². The van der Waals surface area contributed by atoms with E-state index in [4.69, 9.17) is 14.2 Å². The zero-order valence-corrected chi connectivity index (χ0v) is 19.3. The number of hydrogen-bond acceptors (Lipinski definition) is 7. The Bertz CT molecular complexity index is 1190. The molecule has 0 radical (unpaired) electrons. The molecule has 0 unspecified atom stereocenters. The molecule has 2 aliphatic heterocycles. The highest BCUT2D eigenvalue weighted by Crippen LogP contribution is 2.40. The fourth-order valence-electron chi connectivity index (χ4n) is 4.59. The molecule has 178 valence electrons. The maximum absolute atomic E-state index is 13.2. The third-order valence-electron chi connectivity index (χ3n) is 6.34. The summed E-state index contributed by atoms with van der Waals surface area (Å²) in [4.78, 5) is 13.2. The number of ether oxygens (including phenoxy) is 3. The number of aliphatic hydroxyl groups is 1. The van der Waals surface area contributed by atoms with Gasteiger partial charge in [0.25, 0.3) is 5.91 Å². The maximum atomic E-state index is 13.2. The predicted molar refractivity (Wildman–Crippen MR) is 124 cm³/mol. The van der Waals surface area contributed by atoms with Crippen LogP contribution >= 0.6 is 0 Å². The van der Waals surface area contributed by atoms with E-state index in [9.17, 15) is 9.90 Å². The molecule has 0 aliphatic carbocycles. The smallest absolute Gasteiger partial charge is 0.255 e. The average molecular weight is 465 g/mol. The zero-order valence-electron chi connectivity index (χ0n) is 19.3. The zero-order chi connectivity index (χ0) is 23.7. The van der Waals surface area contributed by atoms with E-state index in [0.717, 1.165) is 33.7 Å². The standard InChI is InChI=1S/C25H28N4O5/c1-29-13-21(27-28-29)16-5-3-15(4-6-16)11-17-12-19(24(32-2)18-7-10-34-23(17)18)25(31)26-20-8-9-33-14-22(20)30/h3-6,12-13,20,22,30H,7-11,14H2,1-2H3,(H,26,31)/t20-,22-/m0/s1. The Kier molecular flexibility index (Phi) is 6.21. The number of aryl methyl sites for hydroxylation is 1. The quantitative estimate of drug-likeness (QED) is 0.574. The van der Waals surface area contributed by atoms with Gasteiger partial charge in [0.2, 0.25) is 0 Å². The Hall–Kier alpha value is -3.43. The minimum atomic E-state index is -0.728. The topological polar surface area (TPSA) is 108 Å². The Morgan fingerprint density at radius 1 is 1.29 bits per heavy atom. The van der Waals surface area contributed by atoms with Crippen LogP contribution in [0.25, 0.3) is 11.3 Å². The third-order valence-corrected chi connectivity index (χ3v) is 6.34. The normalized spacial score (nSPS) is 19.4. The van der Waals surface area contributed by atoms with Crippen LogP contribution in [0.15, 0.2) is 36.5 Å². The maximum Gasteiger partial charge on any atom is 0.255 e. The van der Waals surface area contributed by atoms with Gasteiger partial charge < -0.3 is 24.6 Å². The van der Waals surface area contributed by atoms with Crippen LogP contribution in [-0.4, -0.2) is 65.1 Å². The summed E-state index contributed by atoms with van der Waals surface area (Å²) in [6.45, 7) is 1.27. The van der Waals surface area contributed by atoms with Crippen molar-refractivity contribution in [3.63, 3.8) is 0 Å². The predicted octanol–water partition coefficient (Wildman–Crippen LogP) is 1.90. The summed E-state index contributed by atoms with van der Waals surface area (Å²) in [5.41, 5.74) is 5.19. The number of aromatic nitrogens is 3. The summed E-state index contributed by atoms with van der Waals surface area (Å²) in [6.07, 6.45) is 2.99. The van der Waals surface area contributed by atoms with Crippen LogP contribution in [0, 0.1) is 0 Å². The second-order valence-corrected chi connectivity index (χ2v) is 8.68. The SMILES string of the molecule is COc1c(C(=O)N[C@H]2CCOC[C@@H]2O)cc(Cc2ccc(-c3cn(C)nn3)cc2)c2c1CCO2. The fraction of sp³-hybridized carbons (Fsp3) is 0.400. The molecule has 1 amide bonds. The van der Waals surface area contributed by atoms with Gasteiger partial charge in [0.15, 0.2) is 0 Å². The van der Waals surface area contributed by atoms with E-state index in [2.05, 4.69) is 15.6 Å². The Morgan fingerprint density at radius 2 is 2.12 bits per heavy atom. The van der Waals surface area contributed by atoms with E-state index in [-0.39, 0.29) is 18.6 Å². The van der Waals surface area contributed by atoms with E-state index in [1.54, 1.807) is 11.8 Å². The number of nitrogens with one attached hydrogen (secondary N) is 1. The highest BCUT2D eigenvalue weighted by atomic mass is 16.5. The second-order valence-electron chi connectivity index (χ2n) is 8.68. The van der Waals surface area contributed by atoms with Crippen molar-refractivity contribution in [2.45, 2.75) is 31.4 Å². The van der Waals surface area contributed by atoms with Gasteiger partial charge in [-0.2, -0.15) is 0 Å². The van der Waals surface area contributed by atoms with E-state index in [1.165, 1.54) is 0 Å². The summed E-state index contributed by atoms with van der Waals surface area (Å²) >= 11 is 0. The Labute approximate surface area is 197 Å². The molecule has 2 atom stereocenters. The van der Waals surface area contributed by atoms with Crippen molar-refractivity contribution in [1.82, 2.24) is 20.3 Å². The molecule has 2 aliphatic rings. The molecular weight excluding hydrogens is 436 g/mol. The number of rotatable bonds is 6. The number of methoxy groups -OCH3 is 1. The molecular formula is C25H28N4O5. The number of benzene rings is 2. The van der Waals surface area contributed by atoms with Gasteiger partial charge in [0, 0.05) is 37.6 Å². The van der Waals surface area contributed by atoms with Gasteiger partial charge in [-0.25, -0.2) is 0 Å². The van der Waals surface area contributed by atoms with Crippen molar-refractivity contribution in [3.8, 4) is 22.8 Å². The molecule has 1 aromatic heterocycles. The lowest BCUT2D eigenvalue weighted by Crippen LogP contribution is -2.48. The largest absolute Gasteiger partial charge is 0.495 e. The van der Waals surface area contributed by atoms with Gasteiger partial charge in [-0.1, -0.05) is 29.5 Å². The van der Waals surface area contributed by atoms with Crippen molar-refractivity contribution in [3.05, 3.63) is 58.8 Å². The number of carbonyl (C=O) groups excluding carboxylic acids is 1. The number of carbonyl (C=O) groups is 1. The lowest BCUT2D eigenvalue weighted by molar-refractivity contribution is -0.0261. The van der Waals surface area contributed by atoms with Gasteiger partial charge >= 0.3 is 0 Å². The molecule has 5 rings (SSSR count). The van der Waals surface area contributed by atoms with E-state index in [0.29, 0.717) is 43.8 Å². The number of amides is 1. The lowest BCUT2D eigenvalue weighted by Gasteiger charge is -2.28. The van der Waals surface area contributed by atoms with Crippen LogP contribution in [0.5, 0.6) is 11.5 Å². The molecule has 2 aromatic carbocycles. The molecule has 9 nitrogen and oxygen atoms in total. The summed E-state index contributed by atoms with van der Waals surface area (Å²) in [6, 6.07) is 9.63. The molecule has 0 spiro atoms. The minimum absolute atomic E-state index is 0.218. The van der Waals surface area contributed by atoms with Crippen molar-refractivity contribution in [2.24, 2.45) is 7.05 Å². The molecule has 3 heterocycles. The summed E-state index contributed by atoms with van der Waals surface area (Å²) in [5, 5.41) is 21.3. The van der Waals surface area contributed by atoms with Crippen LogP contribution in [0.1, 0.15) is 33.5 Å². The van der Waals surface area contributed by atoms with Crippen LogP contribution in [-0.2, 0) is 24.6 Å². The number of fused-ring (bicyclic) bond motifs is 1. The first-order chi connectivity index (χ1) is 16.5. The van der Waals surface area contributed by atoms with E-state index < -0.39 is 6.10 Å². The Balaban J connectivity index is 1.43. The van der Waals surface area contributed by atoms with Gasteiger partial charge in [0.05, 0.1) is 44.2 Å². The van der Waals surface area contributed by atoms with Crippen molar-refractivity contribution in [2.75, 3.05) is 26.9 Å². The summed E-state index contributed by atoms with van der Waals surface area (Å²) in [5.74, 6) is 1.06. The van der Waals surface area contributed by atoms with Crippen LogP contribution < -0.4 is 14.8 Å². The molecule has 9 heteroatoms. The van der Waals surface area contributed by atoms with E-state index >= 15 is 0 Å². The molecule has 0 bridgehead atoms. The van der Waals surface area contributed by atoms with E-state index in [1.807, 2.05) is 43.6 Å². The minimum Gasteiger partial charge on any atom is -0.495 e. The molecule has 1 saturated heterocycles. The Morgan fingerprint density at radius 3 is 2.82 bits per heavy atom. The molecule has 3 aromatic rings. The van der Waals surface area contributed by atoms with Crippen molar-refractivity contribution in [1.29, 1.82) is 0 Å². The van der Waals surface area contributed by atoms with Crippen LogP contribution in [0.2, 0.25) is 0 Å². The summed E-state index contributed by atoms with van der Waals surface area (Å²) in [7, 11) is 3.41. The highest BCUT2D eigenvalue weighted by Gasteiger charge is 2.30. The number of hydrogen-bond donors (Lipinski definition) is 2. The van der Waals surface area contributed by atoms with Gasteiger partial charge in [0.1, 0.15) is 17.2 Å². The second kappa shape index (κ2) is 9.44. The third kappa shape index (κ3) is 4.36. The summed E-state index contributed by atoms with van der Waals surface area (Å²) < 4.78 is 18.6. The highest BCUT2D eigenvalue weighted by molar-refractivity contribution is 5.98. The van der Waals surface area contributed by atoms with Crippen LogP contribution in [0.3, 0.4) is 0 Å². The average Bonchev–Trinajstić information content (AvgIpc) is 3.50. The first-order valence-electron chi connectivity index (χ1n) is 11.4. The molecule has 2 N–H and O–H groups in total. The number of aliphatic hydroxyl groups excluding tert-OH is 1. The molecule has 34 heavy (non-hydrogen) atoms. The molecule has 0 saturated carbocycles. The number of nitrogens with zero attached hydrogens (tertiary/aromatic N) is 3. The van der Waals surface area contributed by atoms with Crippen molar-refractivity contribution < 1.29 is 24.1 Å². The monoisotopic (exact) mass is 464 g/mol. The van der Waals surface area contributed by atoms with Gasteiger partial charge in [-0.3, -0.25) is 9.48 Å². The first-order valence-corrected chi connectivity index (χ1v) is 11.4. The van der Waals surface area contributed by atoms with Crippen LogP contribution in [0.4, 0.5) is 0 Å². The van der Waals surface area contributed by atoms with Gasteiger partial charge in [-0.05, 0) is 23.6 Å². The van der Waals surface area contributed by atoms with Crippen molar-refractivity contribution >= 4 is 5.91 Å². The molecule has 1 fully saturated rings. The lowest BCUT2D eigenvalue weighted by atomic mass is 9.95. The first kappa shape index (κ1) is 22.4.